The highest BCUT2D eigenvalue weighted by molar-refractivity contribution is 6.42. The van der Waals surface area contributed by atoms with Crippen molar-refractivity contribution in [1.82, 2.24) is 0 Å². The van der Waals surface area contributed by atoms with Crippen LogP contribution >= 0.6 is 23.2 Å². The van der Waals surface area contributed by atoms with Gasteiger partial charge in [-0.05, 0) is 18.1 Å². The van der Waals surface area contributed by atoms with Crippen molar-refractivity contribution in [2.75, 3.05) is 7.11 Å². The van der Waals surface area contributed by atoms with Crippen LogP contribution in [0.25, 0.3) is 0 Å². The van der Waals surface area contributed by atoms with E-state index < -0.39 is 0 Å². The standard InChI is InChI=1S/C10H10Cl2O3/c1-15-10(14)3-2-6-4-7(11)8(12)5-9(6)13/h4-5,13H,2-3H2,1H3. The normalized spacial score (nSPS) is 10.1. The minimum absolute atomic E-state index is 0.0355. The van der Waals surface area contributed by atoms with Crippen molar-refractivity contribution in [3.8, 4) is 5.75 Å². The molecular formula is C10H10Cl2O3. The lowest BCUT2D eigenvalue weighted by atomic mass is 10.1. The Balaban J connectivity index is 2.77. The van der Waals surface area contributed by atoms with Crippen molar-refractivity contribution in [2.45, 2.75) is 12.8 Å². The summed E-state index contributed by atoms with van der Waals surface area (Å²) in [6.45, 7) is 0. The third-order valence-electron chi connectivity index (χ3n) is 1.95. The zero-order chi connectivity index (χ0) is 11.4. The number of phenols is 1. The molecule has 0 radical (unpaired) electrons. The molecule has 0 aliphatic carbocycles. The van der Waals surface area contributed by atoms with E-state index in [9.17, 15) is 9.90 Å². The summed E-state index contributed by atoms with van der Waals surface area (Å²) in [4.78, 5) is 10.9. The molecule has 0 aliphatic heterocycles. The van der Waals surface area contributed by atoms with Gasteiger partial charge in [0.05, 0.1) is 17.2 Å². The third kappa shape index (κ3) is 3.29. The number of esters is 1. The Morgan fingerprint density at radius 3 is 2.60 bits per heavy atom. The number of aromatic hydroxyl groups is 1. The molecule has 5 heteroatoms. The number of halogens is 2. The summed E-state index contributed by atoms with van der Waals surface area (Å²) in [5, 5.41) is 10.1. The van der Waals surface area contributed by atoms with E-state index >= 15 is 0 Å². The third-order valence-corrected chi connectivity index (χ3v) is 2.67. The van der Waals surface area contributed by atoms with Crippen molar-refractivity contribution in [1.29, 1.82) is 0 Å². The van der Waals surface area contributed by atoms with E-state index in [1.165, 1.54) is 13.2 Å². The first-order valence-corrected chi connectivity index (χ1v) is 5.04. The molecule has 0 aliphatic rings. The summed E-state index contributed by atoms with van der Waals surface area (Å²) >= 11 is 11.5. The lowest BCUT2D eigenvalue weighted by Gasteiger charge is -2.05. The zero-order valence-corrected chi connectivity index (χ0v) is 9.60. The summed E-state index contributed by atoms with van der Waals surface area (Å²) in [5.41, 5.74) is 0.579. The second-order valence-corrected chi connectivity index (χ2v) is 3.79. The van der Waals surface area contributed by atoms with Gasteiger partial charge in [-0.3, -0.25) is 4.79 Å². The van der Waals surface area contributed by atoms with Crippen LogP contribution in [0.15, 0.2) is 12.1 Å². The largest absolute Gasteiger partial charge is 0.508 e. The number of benzene rings is 1. The number of aryl methyl sites for hydroxylation is 1. The molecule has 0 aromatic heterocycles. The van der Waals surface area contributed by atoms with Gasteiger partial charge in [-0.25, -0.2) is 0 Å². The van der Waals surface area contributed by atoms with Gasteiger partial charge in [0.25, 0.3) is 0 Å². The van der Waals surface area contributed by atoms with Gasteiger partial charge in [-0.1, -0.05) is 23.2 Å². The smallest absolute Gasteiger partial charge is 0.305 e. The molecule has 1 aromatic carbocycles. The fourth-order valence-electron chi connectivity index (χ4n) is 1.12. The predicted molar refractivity (Wildman–Crippen MR) is 58.5 cm³/mol. The number of ether oxygens (including phenoxy) is 1. The molecule has 0 atom stereocenters. The number of carbonyl (C=O) groups is 1. The summed E-state index contributed by atoms with van der Waals surface area (Å²) in [6.07, 6.45) is 0.567. The van der Waals surface area contributed by atoms with Crippen LogP contribution in [-0.4, -0.2) is 18.2 Å². The Hall–Kier alpha value is -0.930. The molecule has 1 aromatic rings. The highest BCUT2D eigenvalue weighted by Crippen LogP contribution is 2.30. The van der Waals surface area contributed by atoms with Crippen LogP contribution in [0, 0.1) is 0 Å². The molecule has 82 valence electrons. The van der Waals surface area contributed by atoms with E-state index in [1.54, 1.807) is 6.07 Å². The maximum Gasteiger partial charge on any atom is 0.305 e. The Morgan fingerprint density at radius 1 is 1.40 bits per heavy atom. The van der Waals surface area contributed by atoms with Gasteiger partial charge in [-0.15, -0.1) is 0 Å². The van der Waals surface area contributed by atoms with E-state index in [2.05, 4.69) is 4.74 Å². The lowest BCUT2D eigenvalue weighted by molar-refractivity contribution is -0.140. The molecule has 0 unspecified atom stereocenters. The van der Waals surface area contributed by atoms with Crippen LogP contribution in [0.2, 0.25) is 10.0 Å². The Labute approximate surface area is 97.6 Å². The Kier molecular flexibility index (Phi) is 4.24. The average Bonchev–Trinajstić information content (AvgIpc) is 2.21. The van der Waals surface area contributed by atoms with Crippen molar-refractivity contribution in [3.63, 3.8) is 0 Å². The molecule has 15 heavy (non-hydrogen) atoms. The van der Waals surface area contributed by atoms with E-state index in [-0.39, 0.29) is 23.2 Å². The molecule has 0 fully saturated rings. The monoisotopic (exact) mass is 248 g/mol. The molecule has 0 amide bonds. The van der Waals surface area contributed by atoms with Crippen LogP contribution in [-0.2, 0) is 16.0 Å². The summed E-state index contributed by atoms with van der Waals surface area (Å²) < 4.78 is 4.49. The summed E-state index contributed by atoms with van der Waals surface area (Å²) in [5.74, 6) is -0.297. The van der Waals surface area contributed by atoms with Crippen molar-refractivity contribution < 1.29 is 14.6 Å². The quantitative estimate of drug-likeness (QED) is 0.838. The van der Waals surface area contributed by atoms with Crippen LogP contribution in [0.1, 0.15) is 12.0 Å². The van der Waals surface area contributed by atoms with Gasteiger partial charge in [0, 0.05) is 12.5 Å². The minimum atomic E-state index is -0.333. The Morgan fingerprint density at radius 2 is 2.00 bits per heavy atom. The lowest BCUT2D eigenvalue weighted by Crippen LogP contribution is -2.02. The molecule has 0 heterocycles. The van der Waals surface area contributed by atoms with Crippen LogP contribution in [0.3, 0.4) is 0 Å². The molecule has 0 saturated heterocycles. The first kappa shape index (κ1) is 12.1. The van der Waals surface area contributed by atoms with Crippen molar-refractivity contribution in [2.24, 2.45) is 0 Å². The zero-order valence-electron chi connectivity index (χ0n) is 8.09. The summed E-state index contributed by atoms with van der Waals surface area (Å²) in [7, 11) is 1.32. The fourth-order valence-corrected chi connectivity index (χ4v) is 1.46. The average molecular weight is 249 g/mol. The Bertz CT molecular complexity index is 377. The van der Waals surface area contributed by atoms with E-state index in [0.29, 0.717) is 17.0 Å². The maximum atomic E-state index is 10.9. The molecule has 3 nitrogen and oxygen atoms in total. The highest BCUT2D eigenvalue weighted by Gasteiger charge is 2.08. The summed E-state index contributed by atoms with van der Waals surface area (Å²) in [6, 6.07) is 2.90. The van der Waals surface area contributed by atoms with E-state index in [4.69, 9.17) is 23.2 Å². The number of methoxy groups -OCH3 is 1. The highest BCUT2D eigenvalue weighted by atomic mass is 35.5. The predicted octanol–water partition coefficient (Wildman–Crippen LogP) is 2.80. The first-order valence-electron chi connectivity index (χ1n) is 4.28. The number of hydrogen-bond acceptors (Lipinski definition) is 3. The van der Waals surface area contributed by atoms with Gasteiger partial charge in [-0.2, -0.15) is 0 Å². The SMILES string of the molecule is COC(=O)CCc1cc(Cl)c(Cl)cc1O. The second kappa shape index (κ2) is 5.24. The van der Waals surface area contributed by atoms with Gasteiger partial charge < -0.3 is 9.84 Å². The fraction of sp³-hybridized carbons (Fsp3) is 0.300. The number of phenolic OH excluding ortho intramolecular Hbond substituents is 1. The van der Waals surface area contributed by atoms with E-state index in [0.717, 1.165) is 0 Å². The van der Waals surface area contributed by atoms with Gasteiger partial charge >= 0.3 is 5.97 Å². The second-order valence-electron chi connectivity index (χ2n) is 2.97. The van der Waals surface area contributed by atoms with Crippen molar-refractivity contribution in [3.05, 3.63) is 27.7 Å². The van der Waals surface area contributed by atoms with Gasteiger partial charge in [0.15, 0.2) is 0 Å². The molecule has 0 saturated carbocycles. The first-order chi connectivity index (χ1) is 7.04. The molecular weight excluding hydrogens is 239 g/mol. The topological polar surface area (TPSA) is 46.5 Å². The minimum Gasteiger partial charge on any atom is -0.508 e. The van der Waals surface area contributed by atoms with E-state index in [1.807, 2.05) is 0 Å². The van der Waals surface area contributed by atoms with Crippen LogP contribution in [0.4, 0.5) is 0 Å². The molecule has 0 spiro atoms. The molecule has 1 N–H and O–H groups in total. The van der Waals surface area contributed by atoms with Crippen molar-refractivity contribution >= 4 is 29.2 Å². The van der Waals surface area contributed by atoms with Gasteiger partial charge in [0.2, 0.25) is 0 Å². The number of hydrogen-bond donors (Lipinski definition) is 1. The number of rotatable bonds is 3. The number of carbonyl (C=O) groups excluding carboxylic acids is 1. The van der Waals surface area contributed by atoms with Gasteiger partial charge in [0.1, 0.15) is 5.75 Å². The molecule has 0 bridgehead atoms. The van der Waals surface area contributed by atoms with Crippen LogP contribution < -0.4 is 0 Å². The van der Waals surface area contributed by atoms with Crippen LogP contribution in [0.5, 0.6) is 5.75 Å². The molecule has 1 rings (SSSR count). The maximum absolute atomic E-state index is 10.9.